The van der Waals surface area contributed by atoms with Gasteiger partial charge in [0, 0.05) is 24.7 Å². The van der Waals surface area contributed by atoms with Crippen LogP contribution < -0.4 is 5.56 Å². The van der Waals surface area contributed by atoms with Crippen LogP contribution in [0.15, 0.2) is 47.4 Å². The smallest absolute Gasteiger partial charge is 0.296 e. The molecule has 3 heterocycles. The van der Waals surface area contributed by atoms with Gasteiger partial charge >= 0.3 is 6.18 Å². The average molecular weight is 383 g/mol. The third kappa shape index (κ3) is 3.63. The fourth-order valence-corrected chi connectivity index (χ4v) is 3.40. The van der Waals surface area contributed by atoms with Gasteiger partial charge in [-0.15, -0.1) is 0 Å². The van der Waals surface area contributed by atoms with E-state index in [-0.39, 0.29) is 31.4 Å². The van der Waals surface area contributed by atoms with Crippen LogP contribution in [0.5, 0.6) is 0 Å². The van der Waals surface area contributed by atoms with E-state index in [2.05, 4.69) is 21.8 Å². The summed E-state index contributed by atoms with van der Waals surface area (Å²) in [5.74, 6) is 4.92. The molecule has 0 spiro atoms. The highest BCUT2D eigenvalue weighted by molar-refractivity contribution is 5.79. The highest BCUT2D eigenvalue weighted by Gasteiger charge is 2.40. The van der Waals surface area contributed by atoms with Crippen molar-refractivity contribution in [1.82, 2.24) is 14.5 Å². The van der Waals surface area contributed by atoms with Gasteiger partial charge in [0.25, 0.3) is 5.56 Å². The van der Waals surface area contributed by atoms with E-state index in [1.807, 2.05) is 6.07 Å². The molecule has 1 aromatic carbocycles. The van der Waals surface area contributed by atoms with E-state index in [0.29, 0.717) is 28.0 Å². The molecule has 4 nitrogen and oxygen atoms in total. The number of hydrogen-bond donors (Lipinski definition) is 0. The number of aromatic nitrogens is 3. The van der Waals surface area contributed by atoms with Crippen molar-refractivity contribution in [3.05, 3.63) is 70.0 Å². The van der Waals surface area contributed by atoms with Gasteiger partial charge in [-0.2, -0.15) is 13.2 Å². The first kappa shape index (κ1) is 18.2. The first-order valence-electron chi connectivity index (χ1n) is 8.95. The number of aryl methyl sites for hydroxylation is 1. The van der Waals surface area contributed by atoms with Crippen molar-refractivity contribution in [3.8, 4) is 11.8 Å². The second-order valence-corrected chi connectivity index (χ2v) is 6.75. The van der Waals surface area contributed by atoms with Crippen LogP contribution >= 0.6 is 0 Å². The van der Waals surface area contributed by atoms with Crippen molar-refractivity contribution < 1.29 is 13.2 Å². The quantitative estimate of drug-likeness (QED) is 0.556. The molecule has 142 valence electrons. The van der Waals surface area contributed by atoms with Gasteiger partial charge in [0.15, 0.2) is 0 Å². The zero-order chi connectivity index (χ0) is 19.7. The van der Waals surface area contributed by atoms with Crippen LogP contribution in [0, 0.1) is 17.8 Å². The summed E-state index contributed by atoms with van der Waals surface area (Å²) in [6, 6.07) is 10.5. The second kappa shape index (κ2) is 7.12. The van der Waals surface area contributed by atoms with Gasteiger partial charge in [0.2, 0.25) is 0 Å². The number of alkyl halides is 3. The normalized spacial score (nSPS) is 16.8. The number of benzene rings is 1. The third-order valence-corrected chi connectivity index (χ3v) is 4.91. The van der Waals surface area contributed by atoms with Gasteiger partial charge in [0.1, 0.15) is 11.5 Å². The maximum Gasteiger partial charge on any atom is 0.391 e. The molecule has 0 saturated heterocycles. The Bertz CT molecular complexity index is 1140. The van der Waals surface area contributed by atoms with Crippen LogP contribution in [0.1, 0.15) is 29.9 Å². The summed E-state index contributed by atoms with van der Waals surface area (Å²) in [6.07, 6.45) is -2.63. The summed E-state index contributed by atoms with van der Waals surface area (Å²) < 4.78 is 40.6. The lowest BCUT2D eigenvalue weighted by molar-refractivity contribution is -0.177. The number of pyridine rings is 1. The Kier molecular flexibility index (Phi) is 4.63. The molecule has 7 heteroatoms. The summed E-state index contributed by atoms with van der Waals surface area (Å²) >= 11 is 0. The fraction of sp³-hybridized carbons (Fsp3) is 0.286. The minimum Gasteiger partial charge on any atom is -0.296 e. The zero-order valence-electron chi connectivity index (χ0n) is 14.8. The lowest BCUT2D eigenvalue weighted by Gasteiger charge is -2.16. The number of nitrogens with zero attached hydrogens (tertiary/aromatic N) is 3. The fourth-order valence-electron chi connectivity index (χ4n) is 3.40. The van der Waals surface area contributed by atoms with Crippen molar-refractivity contribution in [3.63, 3.8) is 0 Å². The van der Waals surface area contributed by atoms with Crippen LogP contribution in [0.2, 0.25) is 0 Å². The van der Waals surface area contributed by atoms with E-state index in [1.165, 1.54) is 4.57 Å². The summed E-state index contributed by atoms with van der Waals surface area (Å²) in [4.78, 5) is 21.4. The maximum atomic E-state index is 13.1. The summed E-state index contributed by atoms with van der Waals surface area (Å²) in [7, 11) is 0. The first-order chi connectivity index (χ1) is 13.4. The zero-order valence-corrected chi connectivity index (χ0v) is 14.8. The Morgan fingerprint density at radius 3 is 2.71 bits per heavy atom. The highest BCUT2D eigenvalue weighted by atomic mass is 19.4. The van der Waals surface area contributed by atoms with E-state index >= 15 is 0 Å². The van der Waals surface area contributed by atoms with Gasteiger partial charge in [-0.25, -0.2) is 9.97 Å². The number of rotatable bonds is 0. The standard InChI is InChI=1S/C21H16F3N3O/c22-21(23,24)15-6-9-19-26-18-13-14(4-7-16-3-1-2-11-25-16)5-8-17(18)20(28)27(19)12-10-15/h1-3,5,8,11,13,15H,6,9-10,12H2. The number of hydrogen-bond acceptors (Lipinski definition) is 3. The Hall–Kier alpha value is -3.14. The molecule has 28 heavy (non-hydrogen) atoms. The maximum absolute atomic E-state index is 13.1. The van der Waals surface area contributed by atoms with Crippen LogP contribution in [0.3, 0.4) is 0 Å². The molecule has 0 radical (unpaired) electrons. The molecule has 4 rings (SSSR count). The van der Waals surface area contributed by atoms with E-state index in [1.54, 1.807) is 36.5 Å². The van der Waals surface area contributed by atoms with Gasteiger partial charge in [-0.3, -0.25) is 9.36 Å². The summed E-state index contributed by atoms with van der Waals surface area (Å²) in [5.41, 5.74) is 1.44. The van der Waals surface area contributed by atoms with Gasteiger partial charge in [0.05, 0.1) is 16.8 Å². The van der Waals surface area contributed by atoms with Crippen molar-refractivity contribution in [2.45, 2.75) is 32.0 Å². The summed E-state index contributed by atoms with van der Waals surface area (Å²) in [6.45, 7) is 0.0303. The molecule has 3 aromatic rings. The molecule has 2 aromatic heterocycles. The minimum atomic E-state index is -4.25. The van der Waals surface area contributed by atoms with Crippen LogP contribution in [-0.4, -0.2) is 20.7 Å². The molecule has 0 saturated carbocycles. The van der Waals surface area contributed by atoms with Crippen LogP contribution in [0.4, 0.5) is 13.2 Å². The van der Waals surface area contributed by atoms with E-state index in [0.717, 1.165) is 0 Å². The number of halogens is 3. The van der Waals surface area contributed by atoms with Crippen molar-refractivity contribution in [1.29, 1.82) is 0 Å². The summed E-state index contributed by atoms with van der Waals surface area (Å²) in [5, 5.41) is 0.387. The van der Waals surface area contributed by atoms with Crippen LogP contribution in [0.25, 0.3) is 10.9 Å². The van der Waals surface area contributed by atoms with Gasteiger partial charge in [-0.05, 0) is 49.1 Å². The minimum absolute atomic E-state index is 0.0303. The molecule has 0 bridgehead atoms. The SMILES string of the molecule is O=c1c2ccc(C#Cc3ccccn3)cc2nc2n1CCC(C(F)(F)F)CC2. The van der Waals surface area contributed by atoms with E-state index in [4.69, 9.17) is 0 Å². The molecule has 1 unspecified atom stereocenters. The largest absolute Gasteiger partial charge is 0.391 e. The lowest BCUT2D eigenvalue weighted by atomic mass is 10.00. The second-order valence-electron chi connectivity index (χ2n) is 6.75. The molecule has 1 aliphatic rings. The van der Waals surface area contributed by atoms with Gasteiger partial charge < -0.3 is 0 Å². The Morgan fingerprint density at radius 2 is 1.96 bits per heavy atom. The number of fused-ring (bicyclic) bond motifs is 2. The average Bonchev–Trinajstić information content (AvgIpc) is 2.90. The van der Waals surface area contributed by atoms with Crippen molar-refractivity contribution in [2.24, 2.45) is 5.92 Å². The molecule has 0 fully saturated rings. The molecule has 0 aliphatic carbocycles. The molecule has 1 atom stereocenters. The molecule has 0 N–H and O–H groups in total. The molecular formula is C21H16F3N3O. The van der Waals surface area contributed by atoms with E-state index in [9.17, 15) is 18.0 Å². The predicted octanol–water partition coefficient (Wildman–Crippen LogP) is 3.71. The molecule has 0 amide bonds. The third-order valence-electron chi connectivity index (χ3n) is 4.91. The first-order valence-corrected chi connectivity index (χ1v) is 8.95. The van der Waals surface area contributed by atoms with Crippen molar-refractivity contribution in [2.75, 3.05) is 0 Å². The molecular weight excluding hydrogens is 367 g/mol. The van der Waals surface area contributed by atoms with Crippen LogP contribution in [-0.2, 0) is 13.0 Å². The monoisotopic (exact) mass is 383 g/mol. The van der Waals surface area contributed by atoms with Crippen molar-refractivity contribution >= 4 is 10.9 Å². The Balaban J connectivity index is 1.71. The Morgan fingerprint density at radius 1 is 1.11 bits per heavy atom. The lowest BCUT2D eigenvalue weighted by Crippen LogP contribution is -2.26. The van der Waals surface area contributed by atoms with Gasteiger partial charge in [-0.1, -0.05) is 12.0 Å². The van der Waals surface area contributed by atoms with E-state index < -0.39 is 12.1 Å². The highest BCUT2D eigenvalue weighted by Crippen LogP contribution is 2.34. The Labute approximate surface area is 159 Å². The molecule has 1 aliphatic heterocycles. The topological polar surface area (TPSA) is 47.8 Å². The predicted molar refractivity (Wildman–Crippen MR) is 98.7 cm³/mol.